The van der Waals surface area contributed by atoms with Gasteiger partial charge < -0.3 is 5.11 Å². The number of aryl methyl sites for hydroxylation is 2. The summed E-state index contributed by atoms with van der Waals surface area (Å²) in [6.45, 7) is 8.25. The van der Waals surface area contributed by atoms with Gasteiger partial charge in [0.15, 0.2) is 5.78 Å². The monoisotopic (exact) mass is 476 g/mol. The molecule has 1 aliphatic carbocycles. The van der Waals surface area contributed by atoms with Crippen LogP contribution in [-0.4, -0.2) is 16.7 Å². The summed E-state index contributed by atoms with van der Waals surface area (Å²) >= 11 is 0. The smallest absolute Gasteiger partial charge is 0.162 e. The highest BCUT2D eigenvalue weighted by molar-refractivity contribution is 6.19. The van der Waals surface area contributed by atoms with E-state index in [-0.39, 0.29) is 22.8 Å². The standard InChI is InChI=1S/C32H32N2O2/c1-20-10-14-22(15-11-20)27-28-25(18-32(3,4)19-26(28)35)34(24-8-6-5-7-9-24)31(33)29(27)30(36)23-16-12-21(2)13-17-23/h5-17,27,33,36H,18-19H2,1-4H3/b30-29+,33-31?. The van der Waals surface area contributed by atoms with Gasteiger partial charge in [0, 0.05) is 40.4 Å². The van der Waals surface area contributed by atoms with Gasteiger partial charge >= 0.3 is 0 Å². The van der Waals surface area contributed by atoms with Crippen molar-refractivity contribution in [1.29, 1.82) is 5.41 Å². The van der Waals surface area contributed by atoms with Gasteiger partial charge in [-0.2, -0.15) is 0 Å². The van der Waals surface area contributed by atoms with Crippen molar-refractivity contribution in [3.8, 4) is 0 Å². The second kappa shape index (κ2) is 8.94. The van der Waals surface area contributed by atoms with Crippen LogP contribution in [0, 0.1) is 24.7 Å². The molecular formula is C32H32N2O2. The third kappa shape index (κ3) is 4.17. The molecule has 0 bridgehead atoms. The van der Waals surface area contributed by atoms with Crippen molar-refractivity contribution < 1.29 is 9.90 Å². The number of allylic oxidation sites excluding steroid dienone is 2. The maximum atomic E-state index is 13.9. The van der Waals surface area contributed by atoms with Crippen LogP contribution >= 0.6 is 0 Å². The number of carbonyl (C=O) groups is 1. The predicted molar refractivity (Wildman–Crippen MR) is 146 cm³/mol. The fourth-order valence-corrected chi connectivity index (χ4v) is 5.44. The van der Waals surface area contributed by atoms with Crippen LogP contribution in [0.25, 0.3) is 5.76 Å². The summed E-state index contributed by atoms with van der Waals surface area (Å²) in [6, 6.07) is 25.5. The maximum absolute atomic E-state index is 13.9. The summed E-state index contributed by atoms with van der Waals surface area (Å²) in [5, 5.41) is 21.2. The van der Waals surface area contributed by atoms with Gasteiger partial charge in [0.2, 0.25) is 0 Å². The molecule has 2 N–H and O–H groups in total. The molecule has 36 heavy (non-hydrogen) atoms. The molecule has 1 atom stereocenters. The molecule has 5 rings (SSSR count). The molecule has 3 aromatic rings. The number of carbonyl (C=O) groups excluding carboxylic acids is 1. The minimum Gasteiger partial charge on any atom is -0.507 e. The molecule has 3 aromatic carbocycles. The number of Topliss-reactive ketones (excluding diaryl/α,β-unsaturated/α-hetero) is 1. The normalized spacial score (nSPS) is 20.9. The number of benzene rings is 3. The fourth-order valence-electron chi connectivity index (χ4n) is 5.44. The topological polar surface area (TPSA) is 64.4 Å². The fraction of sp³-hybridized carbons (Fsp3) is 0.250. The maximum Gasteiger partial charge on any atom is 0.162 e. The number of rotatable bonds is 3. The van der Waals surface area contributed by atoms with Gasteiger partial charge in [0.25, 0.3) is 0 Å². The molecule has 4 heteroatoms. The van der Waals surface area contributed by atoms with Gasteiger partial charge in [-0.15, -0.1) is 0 Å². The van der Waals surface area contributed by atoms with E-state index >= 15 is 0 Å². The number of ketones is 1. The lowest BCUT2D eigenvalue weighted by molar-refractivity contribution is -0.118. The molecule has 0 fully saturated rings. The summed E-state index contributed by atoms with van der Waals surface area (Å²) in [7, 11) is 0. The van der Waals surface area contributed by atoms with Crippen molar-refractivity contribution in [3.63, 3.8) is 0 Å². The first kappa shape index (κ1) is 23.8. The Hall–Kier alpha value is -3.92. The average Bonchev–Trinajstić information content (AvgIpc) is 2.84. The number of nitrogens with zero attached hydrogens (tertiary/aromatic N) is 1. The Morgan fingerprint density at radius 2 is 1.47 bits per heavy atom. The molecular weight excluding hydrogens is 444 g/mol. The number of amidine groups is 1. The zero-order chi connectivity index (χ0) is 25.6. The Labute approximate surface area is 213 Å². The van der Waals surface area contributed by atoms with E-state index in [0.29, 0.717) is 29.6 Å². The number of aliphatic hydroxyl groups is 1. The second-order valence-electron chi connectivity index (χ2n) is 10.8. The molecule has 0 aromatic heterocycles. The largest absolute Gasteiger partial charge is 0.507 e. The van der Waals surface area contributed by atoms with Crippen molar-refractivity contribution in [2.45, 2.75) is 46.5 Å². The minimum absolute atomic E-state index is 0.0377. The van der Waals surface area contributed by atoms with Gasteiger partial charge in [-0.1, -0.05) is 91.7 Å². The first-order chi connectivity index (χ1) is 17.2. The summed E-state index contributed by atoms with van der Waals surface area (Å²) in [5.74, 6) is -0.197. The van der Waals surface area contributed by atoms with E-state index in [4.69, 9.17) is 0 Å². The Morgan fingerprint density at radius 3 is 2.08 bits per heavy atom. The average molecular weight is 477 g/mol. The highest BCUT2D eigenvalue weighted by Gasteiger charge is 2.46. The Morgan fingerprint density at radius 1 is 0.889 bits per heavy atom. The number of nitrogens with one attached hydrogen (secondary N) is 1. The van der Waals surface area contributed by atoms with Crippen LogP contribution in [-0.2, 0) is 4.79 Å². The molecule has 4 nitrogen and oxygen atoms in total. The van der Waals surface area contributed by atoms with Crippen molar-refractivity contribution in [2.24, 2.45) is 5.41 Å². The molecule has 0 saturated carbocycles. The zero-order valence-corrected chi connectivity index (χ0v) is 21.3. The second-order valence-corrected chi connectivity index (χ2v) is 10.8. The first-order valence-electron chi connectivity index (χ1n) is 12.4. The minimum atomic E-state index is -0.516. The number of anilines is 1. The van der Waals surface area contributed by atoms with Crippen molar-refractivity contribution in [2.75, 3.05) is 4.90 Å². The van der Waals surface area contributed by atoms with Crippen molar-refractivity contribution in [1.82, 2.24) is 0 Å². The number of para-hydroxylation sites is 1. The molecule has 182 valence electrons. The third-order valence-electron chi connectivity index (χ3n) is 7.23. The Balaban J connectivity index is 1.84. The van der Waals surface area contributed by atoms with Crippen LogP contribution in [0.4, 0.5) is 5.69 Å². The lowest BCUT2D eigenvalue weighted by atomic mass is 9.67. The number of hydrogen-bond acceptors (Lipinski definition) is 3. The van der Waals surface area contributed by atoms with Crippen LogP contribution < -0.4 is 4.90 Å². The summed E-state index contributed by atoms with van der Waals surface area (Å²) in [5.41, 5.74) is 6.35. The third-order valence-corrected chi connectivity index (χ3v) is 7.23. The molecule has 1 unspecified atom stereocenters. The zero-order valence-electron chi connectivity index (χ0n) is 21.3. The lowest BCUT2D eigenvalue weighted by Crippen LogP contribution is -2.45. The SMILES string of the molecule is Cc1ccc(/C(O)=C2\C(=N)N(c3ccccc3)C3=C(C(=O)CC(C)(C)C3)C2c2ccc(C)cc2)cc1. The van der Waals surface area contributed by atoms with E-state index in [1.165, 1.54) is 0 Å². The summed E-state index contributed by atoms with van der Waals surface area (Å²) in [6.07, 6.45) is 1.11. The van der Waals surface area contributed by atoms with Crippen LogP contribution in [0.3, 0.4) is 0 Å². The van der Waals surface area contributed by atoms with Gasteiger partial charge in [0.05, 0.1) is 0 Å². The molecule has 0 saturated heterocycles. The van der Waals surface area contributed by atoms with E-state index < -0.39 is 5.92 Å². The summed E-state index contributed by atoms with van der Waals surface area (Å²) < 4.78 is 0. The highest BCUT2D eigenvalue weighted by atomic mass is 16.3. The van der Waals surface area contributed by atoms with Gasteiger partial charge in [-0.05, 0) is 43.4 Å². The van der Waals surface area contributed by atoms with Crippen LogP contribution in [0.2, 0.25) is 0 Å². The number of hydrogen-bond donors (Lipinski definition) is 2. The molecule has 1 heterocycles. The Bertz CT molecular complexity index is 1390. The van der Waals surface area contributed by atoms with Crippen LogP contribution in [0.15, 0.2) is 95.7 Å². The predicted octanol–water partition coefficient (Wildman–Crippen LogP) is 7.50. The quantitative estimate of drug-likeness (QED) is 0.385. The van der Waals surface area contributed by atoms with Gasteiger partial charge in [-0.3, -0.25) is 15.1 Å². The first-order valence-corrected chi connectivity index (χ1v) is 12.4. The molecule has 2 aliphatic rings. The van der Waals surface area contributed by atoms with E-state index in [0.717, 1.165) is 28.1 Å². The molecule has 0 amide bonds. The van der Waals surface area contributed by atoms with Crippen LogP contribution in [0.1, 0.15) is 54.9 Å². The van der Waals surface area contributed by atoms with Crippen LogP contribution in [0.5, 0.6) is 0 Å². The molecule has 1 aliphatic heterocycles. The highest BCUT2D eigenvalue weighted by Crippen LogP contribution is 2.51. The van der Waals surface area contributed by atoms with E-state index in [9.17, 15) is 15.3 Å². The van der Waals surface area contributed by atoms with Crippen molar-refractivity contribution >= 4 is 23.1 Å². The summed E-state index contributed by atoms with van der Waals surface area (Å²) in [4.78, 5) is 15.7. The molecule has 0 radical (unpaired) electrons. The van der Waals surface area contributed by atoms with Gasteiger partial charge in [0.1, 0.15) is 11.6 Å². The van der Waals surface area contributed by atoms with E-state index in [1.54, 1.807) is 0 Å². The van der Waals surface area contributed by atoms with Crippen molar-refractivity contribution in [3.05, 3.63) is 118 Å². The lowest BCUT2D eigenvalue weighted by Gasteiger charge is -2.45. The number of aliphatic hydroxyl groups excluding tert-OH is 1. The van der Waals surface area contributed by atoms with Gasteiger partial charge in [-0.25, -0.2) is 0 Å². The molecule has 0 spiro atoms. The van der Waals surface area contributed by atoms with E-state index in [2.05, 4.69) is 13.8 Å². The van der Waals surface area contributed by atoms with E-state index in [1.807, 2.05) is 97.6 Å². The Kier molecular flexibility index (Phi) is 5.91.